The number of nitrogens with one attached hydrogen (secondary N) is 1. The monoisotopic (exact) mass is 268 g/mol. The van der Waals surface area contributed by atoms with E-state index in [1.807, 2.05) is 0 Å². The van der Waals surface area contributed by atoms with Gasteiger partial charge in [-0.25, -0.2) is 9.18 Å². The SMILES string of the molecule is CCOC(=O)CN(CC)C(=O)Nc1cccc(F)c1. The van der Waals surface area contributed by atoms with Crippen LogP contribution in [0.25, 0.3) is 0 Å². The molecule has 1 aromatic carbocycles. The maximum Gasteiger partial charge on any atom is 0.325 e. The zero-order valence-electron chi connectivity index (χ0n) is 11.0. The van der Waals surface area contributed by atoms with Crippen molar-refractivity contribution in [2.45, 2.75) is 13.8 Å². The summed E-state index contributed by atoms with van der Waals surface area (Å²) in [6, 6.07) is 5.08. The van der Waals surface area contributed by atoms with E-state index >= 15 is 0 Å². The molecule has 1 aromatic rings. The van der Waals surface area contributed by atoms with Crippen molar-refractivity contribution in [2.24, 2.45) is 0 Å². The average Bonchev–Trinajstić information content (AvgIpc) is 2.36. The standard InChI is InChI=1S/C13H17FN2O3/c1-3-16(9-12(17)19-4-2)13(18)15-11-7-5-6-10(14)8-11/h5-8H,3-4,9H2,1-2H3,(H,15,18). The second kappa shape index (κ2) is 7.35. The van der Waals surface area contributed by atoms with E-state index < -0.39 is 17.8 Å². The van der Waals surface area contributed by atoms with E-state index in [1.54, 1.807) is 19.9 Å². The lowest BCUT2D eigenvalue weighted by molar-refractivity contribution is -0.143. The maximum atomic E-state index is 13.0. The molecule has 5 nitrogen and oxygen atoms in total. The Morgan fingerprint density at radius 1 is 1.37 bits per heavy atom. The molecule has 104 valence electrons. The second-order valence-corrected chi connectivity index (χ2v) is 3.76. The minimum atomic E-state index is -0.473. The summed E-state index contributed by atoms with van der Waals surface area (Å²) < 4.78 is 17.7. The van der Waals surface area contributed by atoms with Crippen LogP contribution in [-0.2, 0) is 9.53 Å². The molecule has 1 rings (SSSR count). The lowest BCUT2D eigenvalue weighted by atomic mass is 10.3. The van der Waals surface area contributed by atoms with Gasteiger partial charge in [0.05, 0.1) is 6.61 Å². The first-order chi connectivity index (χ1) is 9.06. The van der Waals surface area contributed by atoms with E-state index in [0.29, 0.717) is 12.2 Å². The van der Waals surface area contributed by atoms with Crippen LogP contribution in [0.15, 0.2) is 24.3 Å². The molecule has 0 aliphatic rings. The van der Waals surface area contributed by atoms with Crippen molar-refractivity contribution in [2.75, 3.05) is 25.0 Å². The third-order valence-corrected chi connectivity index (χ3v) is 2.37. The van der Waals surface area contributed by atoms with Crippen molar-refractivity contribution in [1.82, 2.24) is 4.90 Å². The molecule has 0 fully saturated rings. The highest BCUT2D eigenvalue weighted by Gasteiger charge is 2.16. The molecule has 0 atom stereocenters. The van der Waals surface area contributed by atoms with Gasteiger partial charge in [0, 0.05) is 12.2 Å². The maximum absolute atomic E-state index is 13.0. The number of urea groups is 1. The number of ether oxygens (including phenoxy) is 1. The van der Waals surface area contributed by atoms with Crippen LogP contribution in [0.2, 0.25) is 0 Å². The smallest absolute Gasteiger partial charge is 0.325 e. The Balaban J connectivity index is 2.61. The highest BCUT2D eigenvalue weighted by atomic mass is 19.1. The molecule has 2 amide bonds. The zero-order valence-corrected chi connectivity index (χ0v) is 11.0. The number of hydrogen-bond acceptors (Lipinski definition) is 3. The minimum Gasteiger partial charge on any atom is -0.465 e. The first kappa shape index (κ1) is 14.9. The molecule has 0 spiro atoms. The molecular formula is C13H17FN2O3. The van der Waals surface area contributed by atoms with Crippen LogP contribution < -0.4 is 5.32 Å². The number of halogens is 1. The third kappa shape index (κ3) is 4.95. The summed E-state index contributed by atoms with van der Waals surface area (Å²) in [7, 11) is 0. The van der Waals surface area contributed by atoms with E-state index in [1.165, 1.54) is 23.1 Å². The number of esters is 1. The number of carbonyl (C=O) groups is 2. The van der Waals surface area contributed by atoms with Crippen molar-refractivity contribution in [3.8, 4) is 0 Å². The summed E-state index contributed by atoms with van der Waals surface area (Å²) >= 11 is 0. The number of benzene rings is 1. The Morgan fingerprint density at radius 3 is 2.68 bits per heavy atom. The van der Waals surface area contributed by atoms with Crippen LogP contribution in [0.5, 0.6) is 0 Å². The van der Waals surface area contributed by atoms with Gasteiger partial charge in [0.25, 0.3) is 0 Å². The number of nitrogens with zero attached hydrogens (tertiary/aromatic N) is 1. The Hall–Kier alpha value is -2.11. The number of anilines is 1. The summed E-state index contributed by atoms with van der Waals surface area (Å²) in [6.07, 6.45) is 0. The highest BCUT2D eigenvalue weighted by Crippen LogP contribution is 2.10. The molecule has 0 saturated carbocycles. The van der Waals surface area contributed by atoms with Gasteiger partial charge in [-0.3, -0.25) is 4.79 Å². The van der Waals surface area contributed by atoms with Crippen molar-refractivity contribution in [3.63, 3.8) is 0 Å². The van der Waals surface area contributed by atoms with Crippen LogP contribution in [-0.4, -0.2) is 36.6 Å². The fraction of sp³-hybridized carbons (Fsp3) is 0.385. The Kier molecular flexibility index (Phi) is 5.78. The Labute approximate surface area is 111 Å². The fourth-order valence-corrected chi connectivity index (χ4v) is 1.46. The van der Waals surface area contributed by atoms with Gasteiger partial charge in [-0.05, 0) is 32.0 Å². The molecule has 0 saturated heterocycles. The van der Waals surface area contributed by atoms with E-state index in [9.17, 15) is 14.0 Å². The summed E-state index contributed by atoms with van der Waals surface area (Å²) in [5, 5.41) is 2.52. The highest BCUT2D eigenvalue weighted by molar-refractivity contribution is 5.91. The van der Waals surface area contributed by atoms with E-state index in [-0.39, 0.29) is 13.2 Å². The van der Waals surface area contributed by atoms with E-state index in [4.69, 9.17) is 4.74 Å². The fourth-order valence-electron chi connectivity index (χ4n) is 1.46. The second-order valence-electron chi connectivity index (χ2n) is 3.76. The summed E-state index contributed by atoms with van der Waals surface area (Å²) in [6.45, 7) is 3.92. The van der Waals surface area contributed by atoms with Crippen LogP contribution >= 0.6 is 0 Å². The quantitative estimate of drug-likeness (QED) is 0.833. The van der Waals surface area contributed by atoms with E-state index in [2.05, 4.69) is 5.32 Å². The summed E-state index contributed by atoms with van der Waals surface area (Å²) in [4.78, 5) is 24.5. The van der Waals surface area contributed by atoms with Gasteiger partial charge in [-0.2, -0.15) is 0 Å². The predicted octanol–water partition coefficient (Wildman–Crippen LogP) is 2.24. The van der Waals surface area contributed by atoms with Crippen molar-refractivity contribution in [3.05, 3.63) is 30.1 Å². The molecule has 0 aromatic heterocycles. The number of amides is 2. The largest absolute Gasteiger partial charge is 0.465 e. The Morgan fingerprint density at radius 2 is 2.11 bits per heavy atom. The first-order valence-corrected chi connectivity index (χ1v) is 6.04. The third-order valence-electron chi connectivity index (χ3n) is 2.37. The van der Waals surface area contributed by atoms with Crippen molar-refractivity contribution < 1.29 is 18.7 Å². The van der Waals surface area contributed by atoms with Crippen LogP contribution in [0, 0.1) is 5.82 Å². The molecule has 1 N–H and O–H groups in total. The molecule has 0 radical (unpaired) electrons. The lowest BCUT2D eigenvalue weighted by Gasteiger charge is -2.20. The number of hydrogen-bond donors (Lipinski definition) is 1. The van der Waals surface area contributed by atoms with Crippen molar-refractivity contribution in [1.29, 1.82) is 0 Å². The number of carbonyl (C=O) groups excluding carboxylic acids is 2. The lowest BCUT2D eigenvalue weighted by Crippen LogP contribution is -2.39. The molecule has 0 heterocycles. The minimum absolute atomic E-state index is 0.133. The molecule has 0 bridgehead atoms. The van der Waals surface area contributed by atoms with Crippen LogP contribution in [0.4, 0.5) is 14.9 Å². The van der Waals surface area contributed by atoms with Gasteiger partial charge < -0.3 is 15.0 Å². The van der Waals surface area contributed by atoms with Gasteiger partial charge >= 0.3 is 12.0 Å². The summed E-state index contributed by atoms with van der Waals surface area (Å²) in [5.74, 6) is -0.912. The normalized spacial score (nSPS) is 9.84. The number of likely N-dealkylation sites (N-methyl/N-ethyl adjacent to an activating group) is 1. The Bertz CT molecular complexity index is 451. The van der Waals surface area contributed by atoms with Crippen LogP contribution in [0.1, 0.15) is 13.8 Å². The molecular weight excluding hydrogens is 251 g/mol. The first-order valence-electron chi connectivity index (χ1n) is 6.04. The van der Waals surface area contributed by atoms with Gasteiger partial charge in [-0.15, -0.1) is 0 Å². The number of rotatable bonds is 5. The van der Waals surface area contributed by atoms with Gasteiger partial charge in [0.1, 0.15) is 12.4 Å². The van der Waals surface area contributed by atoms with Crippen molar-refractivity contribution >= 4 is 17.7 Å². The summed E-state index contributed by atoms with van der Waals surface area (Å²) in [5.41, 5.74) is 0.340. The zero-order chi connectivity index (χ0) is 14.3. The van der Waals surface area contributed by atoms with Gasteiger partial charge in [0.15, 0.2) is 0 Å². The van der Waals surface area contributed by atoms with Gasteiger partial charge in [0.2, 0.25) is 0 Å². The molecule has 0 aliphatic carbocycles. The van der Waals surface area contributed by atoms with Gasteiger partial charge in [-0.1, -0.05) is 6.07 Å². The van der Waals surface area contributed by atoms with Crippen LogP contribution in [0.3, 0.4) is 0 Å². The van der Waals surface area contributed by atoms with E-state index in [0.717, 1.165) is 0 Å². The topological polar surface area (TPSA) is 58.6 Å². The molecule has 0 unspecified atom stereocenters. The average molecular weight is 268 g/mol. The predicted molar refractivity (Wildman–Crippen MR) is 69.3 cm³/mol. The molecule has 0 aliphatic heterocycles. The molecule has 19 heavy (non-hydrogen) atoms. The molecule has 6 heteroatoms.